The maximum absolute atomic E-state index is 13.2. The zero-order valence-corrected chi connectivity index (χ0v) is 24.5. The fraction of sp³-hybridized carbons (Fsp3) is 0.483. The second-order valence-corrected chi connectivity index (χ2v) is 10.8. The Morgan fingerprint density at radius 3 is 2.56 bits per heavy atom. The van der Waals surface area contributed by atoms with Crippen LogP contribution in [-0.4, -0.2) is 94.4 Å². The lowest BCUT2D eigenvalue weighted by atomic mass is 10.0. The highest BCUT2D eigenvalue weighted by atomic mass is 16.5. The minimum absolute atomic E-state index is 0.0114. The van der Waals surface area contributed by atoms with Crippen molar-refractivity contribution in [1.29, 1.82) is 0 Å². The van der Waals surface area contributed by atoms with Crippen LogP contribution < -0.4 is 29.7 Å². The molecule has 3 aliphatic rings. The minimum Gasteiger partial charge on any atom is -0.493 e. The Hall–Kier alpha value is -4.59. The van der Waals surface area contributed by atoms with Crippen molar-refractivity contribution in [2.75, 3.05) is 51.2 Å². The summed E-state index contributed by atoms with van der Waals surface area (Å²) in [6.07, 6.45) is 6.68. The highest BCUT2D eigenvalue weighted by Gasteiger charge is 2.36. The van der Waals surface area contributed by atoms with Gasteiger partial charge in [0, 0.05) is 43.6 Å². The van der Waals surface area contributed by atoms with Gasteiger partial charge in [-0.15, -0.1) is 0 Å². The van der Waals surface area contributed by atoms with Gasteiger partial charge in [0.25, 0.3) is 0 Å². The van der Waals surface area contributed by atoms with E-state index in [0.717, 1.165) is 36.3 Å². The number of hydrogen-bond donors (Lipinski definition) is 3. The van der Waals surface area contributed by atoms with Gasteiger partial charge in [-0.2, -0.15) is 4.98 Å². The van der Waals surface area contributed by atoms with E-state index in [0.29, 0.717) is 67.2 Å². The van der Waals surface area contributed by atoms with Crippen LogP contribution in [0.1, 0.15) is 36.9 Å². The van der Waals surface area contributed by atoms with E-state index in [1.165, 1.54) is 0 Å². The molecule has 0 radical (unpaired) electrons. The SMILES string of the molecule is COc1cc(-n2cnc(Nc3nc4c(c(N5CCC[C@H]5CO)n3)CN(C(=O)[C@@H]3CCC(=O)N3)CC4)c2)cc(OC)c1OC. The largest absolute Gasteiger partial charge is 0.493 e. The summed E-state index contributed by atoms with van der Waals surface area (Å²) in [6.45, 7) is 1.60. The summed E-state index contributed by atoms with van der Waals surface area (Å²) < 4.78 is 18.2. The van der Waals surface area contributed by atoms with Crippen molar-refractivity contribution in [1.82, 2.24) is 29.7 Å². The maximum atomic E-state index is 13.2. The fourth-order valence-corrected chi connectivity index (χ4v) is 6.06. The van der Waals surface area contributed by atoms with E-state index in [2.05, 4.69) is 20.5 Å². The Bertz CT molecular complexity index is 1500. The van der Waals surface area contributed by atoms with Crippen molar-refractivity contribution in [2.45, 2.75) is 50.7 Å². The van der Waals surface area contributed by atoms with Crippen LogP contribution in [0.5, 0.6) is 17.2 Å². The highest BCUT2D eigenvalue weighted by Crippen LogP contribution is 2.39. The number of aliphatic hydroxyl groups is 1. The first kappa shape index (κ1) is 28.5. The van der Waals surface area contributed by atoms with E-state index < -0.39 is 6.04 Å². The van der Waals surface area contributed by atoms with E-state index in [9.17, 15) is 14.7 Å². The zero-order valence-electron chi connectivity index (χ0n) is 24.5. The molecule has 2 atom stereocenters. The van der Waals surface area contributed by atoms with Crippen molar-refractivity contribution < 1.29 is 28.9 Å². The molecule has 14 nitrogen and oxygen atoms in total. The molecule has 43 heavy (non-hydrogen) atoms. The van der Waals surface area contributed by atoms with Crippen molar-refractivity contribution in [3.05, 3.63) is 35.9 Å². The average molecular weight is 593 g/mol. The minimum atomic E-state index is -0.489. The van der Waals surface area contributed by atoms with E-state index in [-0.39, 0.29) is 24.5 Å². The van der Waals surface area contributed by atoms with E-state index in [4.69, 9.17) is 24.2 Å². The molecule has 0 unspecified atom stereocenters. The quantitative estimate of drug-likeness (QED) is 0.331. The molecule has 2 aromatic heterocycles. The molecule has 0 saturated carbocycles. The number of aliphatic hydroxyl groups excluding tert-OH is 1. The Balaban J connectivity index is 1.29. The van der Waals surface area contributed by atoms with Crippen molar-refractivity contribution in [2.24, 2.45) is 0 Å². The summed E-state index contributed by atoms with van der Waals surface area (Å²) in [7, 11) is 4.69. The van der Waals surface area contributed by atoms with Gasteiger partial charge >= 0.3 is 0 Å². The third kappa shape index (κ3) is 5.49. The summed E-state index contributed by atoms with van der Waals surface area (Å²) in [5.41, 5.74) is 2.48. The number of rotatable bonds is 9. The third-order valence-electron chi connectivity index (χ3n) is 8.27. The first-order valence-corrected chi connectivity index (χ1v) is 14.4. The van der Waals surface area contributed by atoms with E-state index >= 15 is 0 Å². The summed E-state index contributed by atoms with van der Waals surface area (Å²) in [5, 5.41) is 16.1. The molecule has 3 aromatic rings. The number of carbonyl (C=O) groups is 2. The maximum Gasteiger partial charge on any atom is 0.245 e. The molecule has 14 heteroatoms. The number of benzene rings is 1. The zero-order chi connectivity index (χ0) is 30.1. The highest BCUT2D eigenvalue weighted by molar-refractivity contribution is 5.91. The summed E-state index contributed by atoms with van der Waals surface area (Å²) in [4.78, 5) is 43.1. The van der Waals surface area contributed by atoms with Crippen molar-refractivity contribution in [3.8, 4) is 22.9 Å². The van der Waals surface area contributed by atoms with Crippen LogP contribution in [-0.2, 0) is 22.6 Å². The van der Waals surface area contributed by atoms with Crippen molar-refractivity contribution >= 4 is 29.4 Å². The van der Waals surface area contributed by atoms with Crippen LogP contribution in [0.4, 0.5) is 17.6 Å². The van der Waals surface area contributed by atoms with Crippen LogP contribution in [0.25, 0.3) is 5.69 Å². The number of imidazole rings is 1. The molecule has 5 heterocycles. The Morgan fingerprint density at radius 1 is 1.09 bits per heavy atom. The number of ether oxygens (including phenoxy) is 3. The Kier molecular flexibility index (Phi) is 7.93. The smallest absolute Gasteiger partial charge is 0.245 e. The number of aromatic nitrogens is 4. The molecule has 0 aliphatic carbocycles. The number of nitrogens with zero attached hydrogens (tertiary/aromatic N) is 6. The van der Waals surface area contributed by atoms with Gasteiger partial charge in [0.1, 0.15) is 18.2 Å². The van der Waals surface area contributed by atoms with Crippen LogP contribution >= 0.6 is 0 Å². The summed E-state index contributed by atoms with van der Waals surface area (Å²) in [6, 6.07) is 3.10. The van der Waals surface area contributed by atoms with Crippen LogP contribution in [0, 0.1) is 0 Å². The lowest BCUT2D eigenvalue weighted by Gasteiger charge is -2.34. The molecule has 2 fully saturated rings. The van der Waals surface area contributed by atoms with Gasteiger partial charge in [0.15, 0.2) is 17.3 Å². The van der Waals surface area contributed by atoms with E-state index in [1.54, 1.807) is 32.6 Å². The monoisotopic (exact) mass is 592 g/mol. The number of anilines is 3. The molecular weight excluding hydrogens is 556 g/mol. The number of hydrogen-bond acceptors (Lipinski definition) is 11. The average Bonchev–Trinajstić information content (AvgIpc) is 3.80. The summed E-state index contributed by atoms with van der Waals surface area (Å²) >= 11 is 0. The lowest BCUT2D eigenvalue weighted by Crippen LogP contribution is -2.47. The molecule has 0 bridgehead atoms. The van der Waals surface area contributed by atoms with Gasteiger partial charge in [-0.05, 0) is 19.3 Å². The van der Waals surface area contributed by atoms with Gasteiger partial charge in [0.05, 0.1) is 58.1 Å². The standard InChI is InChI=1S/C29H36N8O6/c1-41-22-11-18(12-23(42-2)26(22)43-3)36-14-24(30-16-36)33-29-32-20-8-10-35(28(40)21-6-7-25(39)31-21)13-19(20)27(34-29)37-9-4-5-17(37)15-38/h11-12,14,16-17,21,38H,4-10,13,15H2,1-3H3,(H,31,39)(H,32,33,34)/t17-,21-/m0/s1. The molecule has 3 aliphatic heterocycles. The number of fused-ring (bicyclic) bond motifs is 1. The number of nitrogens with one attached hydrogen (secondary N) is 2. The van der Waals surface area contributed by atoms with Crippen molar-refractivity contribution in [3.63, 3.8) is 0 Å². The number of amides is 2. The normalized spacial score (nSPS) is 19.7. The molecule has 2 saturated heterocycles. The second kappa shape index (κ2) is 12.0. The Morgan fingerprint density at radius 2 is 1.88 bits per heavy atom. The molecule has 228 valence electrons. The molecule has 1 aromatic carbocycles. The van der Waals surface area contributed by atoms with E-state index in [1.807, 2.05) is 22.9 Å². The van der Waals surface area contributed by atoms with Gasteiger partial charge in [-0.1, -0.05) is 0 Å². The van der Waals surface area contributed by atoms with Crippen LogP contribution in [0.2, 0.25) is 0 Å². The van der Waals surface area contributed by atoms with Gasteiger partial charge in [-0.3, -0.25) is 9.59 Å². The fourth-order valence-electron chi connectivity index (χ4n) is 6.06. The predicted octanol–water partition coefficient (Wildman–Crippen LogP) is 1.56. The molecule has 0 spiro atoms. The van der Waals surface area contributed by atoms with Gasteiger partial charge in [0.2, 0.25) is 23.5 Å². The summed E-state index contributed by atoms with van der Waals surface area (Å²) in [5.74, 6) is 3.00. The number of methoxy groups -OCH3 is 3. The van der Waals surface area contributed by atoms with Gasteiger partial charge in [-0.25, -0.2) is 9.97 Å². The van der Waals surface area contributed by atoms with Gasteiger partial charge < -0.3 is 44.3 Å². The first-order valence-electron chi connectivity index (χ1n) is 14.4. The molecule has 2 amide bonds. The topological polar surface area (TPSA) is 156 Å². The molecular formula is C29H36N8O6. The Labute approximate surface area is 249 Å². The molecule has 3 N–H and O–H groups in total. The predicted molar refractivity (Wildman–Crippen MR) is 156 cm³/mol. The number of carbonyl (C=O) groups excluding carboxylic acids is 2. The molecule has 6 rings (SSSR count). The first-order chi connectivity index (χ1) is 20.9. The lowest BCUT2D eigenvalue weighted by molar-refractivity contribution is -0.135. The van der Waals surface area contributed by atoms with Crippen LogP contribution in [0.15, 0.2) is 24.7 Å². The third-order valence-corrected chi connectivity index (χ3v) is 8.27. The second-order valence-electron chi connectivity index (χ2n) is 10.8. The van der Waals surface area contributed by atoms with Crippen LogP contribution in [0.3, 0.4) is 0 Å².